The molecular weight excluding hydrogens is 310 g/mol. The van der Waals surface area contributed by atoms with E-state index in [1.54, 1.807) is 30.1 Å². The number of benzene rings is 1. The Kier molecular flexibility index (Phi) is 5.23. The van der Waals surface area contributed by atoms with Crippen LogP contribution in [0.15, 0.2) is 24.3 Å². The van der Waals surface area contributed by atoms with Crippen LogP contribution in [-0.2, 0) is 14.3 Å². The summed E-state index contributed by atoms with van der Waals surface area (Å²) >= 11 is 0. The monoisotopic (exact) mass is 333 g/mol. The van der Waals surface area contributed by atoms with Crippen molar-refractivity contribution in [1.29, 1.82) is 0 Å². The van der Waals surface area contributed by atoms with Crippen molar-refractivity contribution in [2.45, 2.75) is 44.2 Å². The highest BCUT2D eigenvalue weighted by Crippen LogP contribution is 2.31. The molecule has 2 aliphatic rings. The lowest BCUT2D eigenvalue weighted by Gasteiger charge is -2.31. The van der Waals surface area contributed by atoms with Gasteiger partial charge in [0.05, 0.1) is 0 Å². The second-order valence-electron chi connectivity index (χ2n) is 6.27. The lowest BCUT2D eigenvalue weighted by atomic mass is 9.94. The fraction of sp³-hybridized carbons (Fsp3) is 0.556. The van der Waals surface area contributed by atoms with E-state index in [9.17, 15) is 9.59 Å². The first-order valence-electron chi connectivity index (χ1n) is 8.46. The number of carbonyl (C=O) groups excluding carboxylic acids is 2. The maximum Gasteiger partial charge on any atom is 0.351 e. The molecule has 1 atom stereocenters. The van der Waals surface area contributed by atoms with Gasteiger partial charge in [0.25, 0.3) is 5.91 Å². The number of amides is 1. The van der Waals surface area contributed by atoms with Crippen LogP contribution in [0.5, 0.6) is 11.5 Å². The summed E-state index contributed by atoms with van der Waals surface area (Å²) in [5.74, 6) is 0.369. The summed E-state index contributed by atoms with van der Waals surface area (Å²) in [4.78, 5) is 26.0. The van der Waals surface area contributed by atoms with E-state index in [0.29, 0.717) is 11.5 Å². The van der Waals surface area contributed by atoms with Gasteiger partial charge in [0.15, 0.2) is 18.1 Å². The third-order valence-electron chi connectivity index (χ3n) is 4.63. The van der Waals surface area contributed by atoms with Gasteiger partial charge in [-0.05, 0) is 25.0 Å². The summed E-state index contributed by atoms with van der Waals surface area (Å²) in [7, 11) is 1.78. The maximum atomic E-state index is 12.2. The minimum atomic E-state index is -0.840. The predicted octanol–water partition coefficient (Wildman–Crippen LogP) is 2.16. The summed E-state index contributed by atoms with van der Waals surface area (Å²) in [5.41, 5.74) is 0. The van der Waals surface area contributed by atoms with Crippen molar-refractivity contribution in [3.8, 4) is 11.5 Å². The normalized spacial score (nSPS) is 20.3. The molecule has 0 saturated heterocycles. The zero-order valence-corrected chi connectivity index (χ0v) is 13.9. The summed E-state index contributed by atoms with van der Waals surface area (Å²) in [6, 6.07) is 7.40. The molecule has 1 aliphatic carbocycles. The SMILES string of the molecule is CN(C(=O)COC(=O)[C@@H]1COc2ccccc2O1)C1CCCCC1. The van der Waals surface area contributed by atoms with E-state index < -0.39 is 12.1 Å². The largest absolute Gasteiger partial charge is 0.485 e. The molecular formula is C18H23NO5. The van der Waals surface area contributed by atoms with Gasteiger partial charge in [-0.15, -0.1) is 0 Å². The molecule has 6 nitrogen and oxygen atoms in total. The fourth-order valence-corrected chi connectivity index (χ4v) is 3.14. The van der Waals surface area contributed by atoms with E-state index in [-0.39, 0.29) is 25.2 Å². The van der Waals surface area contributed by atoms with Crippen LogP contribution in [0.25, 0.3) is 0 Å². The Morgan fingerprint density at radius 1 is 1.17 bits per heavy atom. The van der Waals surface area contributed by atoms with Gasteiger partial charge >= 0.3 is 5.97 Å². The van der Waals surface area contributed by atoms with E-state index in [0.717, 1.165) is 25.7 Å². The molecule has 130 valence electrons. The standard InChI is InChI=1S/C18H23NO5/c1-19(13-7-3-2-4-8-13)17(20)12-23-18(21)16-11-22-14-9-5-6-10-15(14)24-16/h5-6,9-10,13,16H,2-4,7-8,11-12H2,1H3/t16-/m0/s1. The topological polar surface area (TPSA) is 65.1 Å². The number of nitrogens with zero attached hydrogens (tertiary/aromatic N) is 1. The van der Waals surface area contributed by atoms with Gasteiger partial charge in [-0.25, -0.2) is 4.79 Å². The predicted molar refractivity (Wildman–Crippen MR) is 87.0 cm³/mol. The number of fused-ring (bicyclic) bond motifs is 1. The van der Waals surface area contributed by atoms with Gasteiger partial charge in [0, 0.05) is 13.1 Å². The van der Waals surface area contributed by atoms with Crippen molar-refractivity contribution in [2.75, 3.05) is 20.3 Å². The number of esters is 1. The van der Waals surface area contributed by atoms with Crippen molar-refractivity contribution in [3.05, 3.63) is 24.3 Å². The van der Waals surface area contributed by atoms with Gasteiger partial charge in [0.1, 0.15) is 6.61 Å². The minimum absolute atomic E-state index is 0.0858. The van der Waals surface area contributed by atoms with Crippen LogP contribution in [0.3, 0.4) is 0 Å². The van der Waals surface area contributed by atoms with Gasteiger partial charge in [0.2, 0.25) is 6.10 Å². The average Bonchev–Trinajstić information content (AvgIpc) is 2.65. The average molecular weight is 333 g/mol. The van der Waals surface area contributed by atoms with Crippen LogP contribution in [0.4, 0.5) is 0 Å². The molecule has 1 heterocycles. The molecule has 1 fully saturated rings. The van der Waals surface area contributed by atoms with Crippen LogP contribution in [0.2, 0.25) is 0 Å². The van der Waals surface area contributed by atoms with Crippen LogP contribution < -0.4 is 9.47 Å². The highest BCUT2D eigenvalue weighted by atomic mass is 16.6. The molecule has 6 heteroatoms. The highest BCUT2D eigenvalue weighted by Gasteiger charge is 2.30. The summed E-state index contributed by atoms with van der Waals surface area (Å²) in [5, 5.41) is 0. The summed E-state index contributed by atoms with van der Waals surface area (Å²) < 4.78 is 16.2. The van der Waals surface area contributed by atoms with Crippen LogP contribution in [0.1, 0.15) is 32.1 Å². The quantitative estimate of drug-likeness (QED) is 0.790. The Labute approximate surface area is 141 Å². The van der Waals surface area contributed by atoms with Crippen LogP contribution in [0, 0.1) is 0 Å². The lowest BCUT2D eigenvalue weighted by molar-refractivity contribution is -0.160. The third kappa shape index (κ3) is 3.80. The molecule has 0 radical (unpaired) electrons. The molecule has 1 saturated carbocycles. The van der Waals surface area contributed by atoms with Gasteiger partial charge < -0.3 is 19.1 Å². The maximum absolute atomic E-state index is 12.2. The van der Waals surface area contributed by atoms with Gasteiger partial charge in [-0.2, -0.15) is 0 Å². The number of ether oxygens (including phenoxy) is 3. The Morgan fingerprint density at radius 3 is 2.62 bits per heavy atom. The summed E-state index contributed by atoms with van der Waals surface area (Å²) in [6.45, 7) is -0.171. The van der Waals surface area contributed by atoms with Gasteiger partial charge in [-0.1, -0.05) is 31.4 Å². The number of rotatable bonds is 4. The highest BCUT2D eigenvalue weighted by molar-refractivity contribution is 5.82. The Hall–Kier alpha value is -2.24. The van der Waals surface area contributed by atoms with Gasteiger partial charge in [-0.3, -0.25) is 4.79 Å². The van der Waals surface area contributed by atoms with E-state index in [2.05, 4.69) is 0 Å². The smallest absolute Gasteiger partial charge is 0.351 e. The first-order valence-corrected chi connectivity index (χ1v) is 8.46. The van der Waals surface area contributed by atoms with E-state index in [4.69, 9.17) is 14.2 Å². The molecule has 0 N–H and O–H groups in total. The molecule has 1 aromatic rings. The third-order valence-corrected chi connectivity index (χ3v) is 4.63. The first-order chi connectivity index (χ1) is 11.6. The zero-order valence-electron chi connectivity index (χ0n) is 13.9. The summed E-state index contributed by atoms with van der Waals surface area (Å²) in [6.07, 6.45) is 4.73. The second-order valence-corrected chi connectivity index (χ2v) is 6.27. The molecule has 0 unspecified atom stereocenters. The van der Waals surface area contributed by atoms with Crippen molar-refractivity contribution in [1.82, 2.24) is 4.90 Å². The second kappa shape index (κ2) is 7.55. The van der Waals surface area contributed by atoms with Crippen molar-refractivity contribution in [3.63, 3.8) is 0 Å². The first kappa shape index (κ1) is 16.6. The molecule has 1 aliphatic heterocycles. The van der Waals surface area contributed by atoms with E-state index >= 15 is 0 Å². The Balaban J connectivity index is 1.48. The minimum Gasteiger partial charge on any atom is -0.485 e. The number of hydrogen-bond acceptors (Lipinski definition) is 5. The molecule has 3 rings (SSSR count). The lowest BCUT2D eigenvalue weighted by Crippen LogP contribution is -2.43. The molecule has 24 heavy (non-hydrogen) atoms. The Morgan fingerprint density at radius 2 is 1.88 bits per heavy atom. The van der Waals surface area contributed by atoms with Crippen molar-refractivity contribution < 1.29 is 23.8 Å². The number of para-hydroxylation sites is 2. The zero-order chi connectivity index (χ0) is 16.9. The molecule has 0 aromatic heterocycles. The molecule has 0 bridgehead atoms. The van der Waals surface area contributed by atoms with Crippen molar-refractivity contribution in [2.24, 2.45) is 0 Å². The van der Waals surface area contributed by atoms with E-state index in [1.807, 2.05) is 6.07 Å². The van der Waals surface area contributed by atoms with Crippen LogP contribution >= 0.6 is 0 Å². The number of carbonyl (C=O) groups is 2. The Bertz CT molecular complexity index is 597. The van der Waals surface area contributed by atoms with E-state index in [1.165, 1.54) is 6.42 Å². The number of hydrogen-bond donors (Lipinski definition) is 0. The number of likely N-dealkylation sites (N-methyl/N-ethyl adjacent to an activating group) is 1. The molecule has 1 aromatic carbocycles. The van der Waals surface area contributed by atoms with Crippen LogP contribution in [-0.4, -0.2) is 49.2 Å². The molecule has 1 amide bonds. The van der Waals surface area contributed by atoms with Crippen molar-refractivity contribution >= 4 is 11.9 Å². The fourth-order valence-electron chi connectivity index (χ4n) is 3.14. The molecule has 0 spiro atoms.